The topological polar surface area (TPSA) is 78.9 Å². The lowest BCUT2D eigenvalue weighted by atomic mass is 10.1. The van der Waals surface area contributed by atoms with Gasteiger partial charge in [-0.2, -0.15) is 0 Å². The Kier molecular flexibility index (Phi) is 48.8. The zero-order valence-corrected chi connectivity index (χ0v) is 41.1. The van der Waals surface area contributed by atoms with E-state index in [9.17, 15) is 14.4 Å². The van der Waals surface area contributed by atoms with E-state index in [1.165, 1.54) is 128 Å². The summed E-state index contributed by atoms with van der Waals surface area (Å²) in [5, 5.41) is 0. The van der Waals surface area contributed by atoms with E-state index >= 15 is 0 Å². The Bertz CT molecular complexity index is 1090. The van der Waals surface area contributed by atoms with Crippen LogP contribution in [-0.2, 0) is 28.6 Å². The number of hydrogen-bond acceptors (Lipinski definition) is 6. The molecule has 0 heterocycles. The summed E-state index contributed by atoms with van der Waals surface area (Å²) in [6.07, 6.45) is 61.0. The number of esters is 3. The van der Waals surface area contributed by atoms with Crippen molar-refractivity contribution in [2.24, 2.45) is 0 Å². The van der Waals surface area contributed by atoms with Crippen LogP contribution in [0, 0.1) is 0 Å². The molecular weight excluding hydrogens is 769 g/mol. The first-order valence-corrected chi connectivity index (χ1v) is 26.6. The molecule has 360 valence electrons. The van der Waals surface area contributed by atoms with Crippen LogP contribution in [0.15, 0.2) is 48.6 Å². The molecule has 1 unspecified atom stereocenters. The number of hydrogen-bond donors (Lipinski definition) is 0. The standard InChI is InChI=1S/C56H100O6/c1-4-7-10-13-16-19-22-25-27-29-31-34-37-40-43-46-49-55(58)61-52-53(51-60-54(57)48-45-42-39-36-33-24-21-18-15-12-9-6-3)62-56(59)50-47-44-41-38-35-32-30-28-26-23-20-17-14-11-8-5-2/h9,12,18,21,27-30,53H,4-8,10-11,13-17,19-20,22-26,31-52H2,1-3H3/b12-9-,21-18-,29-27-,30-28-. The highest BCUT2D eigenvalue weighted by Gasteiger charge is 2.19. The number of unbranched alkanes of at least 4 members (excludes halogenated alkanes) is 29. The van der Waals surface area contributed by atoms with Crippen LogP contribution in [0.3, 0.4) is 0 Å². The summed E-state index contributed by atoms with van der Waals surface area (Å²) in [4.78, 5) is 38.0. The lowest BCUT2D eigenvalue weighted by Gasteiger charge is -2.18. The fourth-order valence-electron chi connectivity index (χ4n) is 7.53. The summed E-state index contributed by atoms with van der Waals surface area (Å²) in [6, 6.07) is 0. The second kappa shape index (κ2) is 51.0. The number of rotatable bonds is 48. The van der Waals surface area contributed by atoms with Crippen molar-refractivity contribution in [3.63, 3.8) is 0 Å². The molecule has 0 rings (SSSR count). The Morgan fingerprint density at radius 2 is 0.629 bits per heavy atom. The molecule has 6 nitrogen and oxygen atoms in total. The Morgan fingerprint density at radius 1 is 0.339 bits per heavy atom. The van der Waals surface area contributed by atoms with Gasteiger partial charge in [0.25, 0.3) is 0 Å². The molecule has 0 aliphatic heterocycles. The van der Waals surface area contributed by atoms with Gasteiger partial charge in [-0.15, -0.1) is 0 Å². The van der Waals surface area contributed by atoms with E-state index in [2.05, 4.69) is 69.4 Å². The van der Waals surface area contributed by atoms with Crippen molar-refractivity contribution in [3.8, 4) is 0 Å². The molecule has 0 bridgehead atoms. The number of allylic oxidation sites excluding steroid dienone is 8. The smallest absolute Gasteiger partial charge is 0.306 e. The highest BCUT2D eigenvalue weighted by Crippen LogP contribution is 2.14. The van der Waals surface area contributed by atoms with Gasteiger partial charge in [0, 0.05) is 19.3 Å². The van der Waals surface area contributed by atoms with Gasteiger partial charge in [-0.3, -0.25) is 14.4 Å². The molecule has 0 aromatic heterocycles. The third kappa shape index (κ3) is 48.4. The second-order valence-electron chi connectivity index (χ2n) is 17.7. The molecule has 0 saturated carbocycles. The molecule has 62 heavy (non-hydrogen) atoms. The molecule has 0 aromatic carbocycles. The fourth-order valence-corrected chi connectivity index (χ4v) is 7.53. The molecule has 0 N–H and O–H groups in total. The van der Waals surface area contributed by atoms with Crippen LogP contribution in [0.5, 0.6) is 0 Å². The molecule has 0 radical (unpaired) electrons. The Morgan fingerprint density at radius 3 is 0.984 bits per heavy atom. The largest absolute Gasteiger partial charge is 0.462 e. The first-order valence-electron chi connectivity index (χ1n) is 26.6. The highest BCUT2D eigenvalue weighted by molar-refractivity contribution is 5.71. The molecule has 0 spiro atoms. The van der Waals surface area contributed by atoms with Gasteiger partial charge in [-0.1, -0.05) is 204 Å². The van der Waals surface area contributed by atoms with Crippen LogP contribution >= 0.6 is 0 Å². The maximum atomic E-state index is 12.8. The zero-order valence-electron chi connectivity index (χ0n) is 41.1. The lowest BCUT2D eigenvalue weighted by Crippen LogP contribution is -2.30. The summed E-state index contributed by atoms with van der Waals surface area (Å²) < 4.78 is 16.8. The molecule has 6 heteroatoms. The van der Waals surface area contributed by atoms with Crippen LogP contribution in [-0.4, -0.2) is 37.2 Å². The normalized spacial score (nSPS) is 12.4. The second-order valence-corrected chi connectivity index (χ2v) is 17.7. The summed E-state index contributed by atoms with van der Waals surface area (Å²) in [5.41, 5.74) is 0. The molecule has 0 aromatic rings. The Balaban J connectivity index is 4.39. The van der Waals surface area contributed by atoms with E-state index in [4.69, 9.17) is 14.2 Å². The van der Waals surface area contributed by atoms with Crippen molar-refractivity contribution in [1.82, 2.24) is 0 Å². The summed E-state index contributed by atoms with van der Waals surface area (Å²) >= 11 is 0. The molecular formula is C56H100O6. The van der Waals surface area contributed by atoms with Crippen molar-refractivity contribution in [2.45, 2.75) is 277 Å². The van der Waals surface area contributed by atoms with Gasteiger partial charge in [0.15, 0.2) is 6.10 Å². The van der Waals surface area contributed by atoms with Crippen LogP contribution in [0.2, 0.25) is 0 Å². The van der Waals surface area contributed by atoms with Crippen molar-refractivity contribution in [3.05, 3.63) is 48.6 Å². The number of carbonyl (C=O) groups excluding carboxylic acids is 3. The molecule has 0 amide bonds. The predicted molar refractivity (Wildman–Crippen MR) is 265 cm³/mol. The van der Waals surface area contributed by atoms with E-state index in [-0.39, 0.29) is 31.1 Å². The van der Waals surface area contributed by atoms with E-state index in [0.29, 0.717) is 19.3 Å². The highest BCUT2D eigenvalue weighted by atomic mass is 16.6. The minimum absolute atomic E-state index is 0.0845. The van der Waals surface area contributed by atoms with Gasteiger partial charge in [0.2, 0.25) is 0 Å². The van der Waals surface area contributed by atoms with Gasteiger partial charge < -0.3 is 14.2 Å². The van der Waals surface area contributed by atoms with Crippen molar-refractivity contribution >= 4 is 17.9 Å². The van der Waals surface area contributed by atoms with Crippen LogP contribution in [0.4, 0.5) is 0 Å². The van der Waals surface area contributed by atoms with Gasteiger partial charge in [0.1, 0.15) is 13.2 Å². The van der Waals surface area contributed by atoms with Crippen LogP contribution < -0.4 is 0 Å². The quantitative estimate of drug-likeness (QED) is 0.0262. The Hall–Kier alpha value is -2.63. The molecule has 0 saturated heterocycles. The minimum Gasteiger partial charge on any atom is -0.462 e. The van der Waals surface area contributed by atoms with Gasteiger partial charge in [-0.25, -0.2) is 0 Å². The lowest BCUT2D eigenvalue weighted by molar-refractivity contribution is -0.167. The first-order chi connectivity index (χ1) is 30.5. The summed E-state index contributed by atoms with van der Waals surface area (Å²) in [5.74, 6) is -0.908. The monoisotopic (exact) mass is 869 g/mol. The molecule has 0 fully saturated rings. The summed E-state index contributed by atoms with van der Waals surface area (Å²) in [7, 11) is 0. The third-order valence-electron chi connectivity index (χ3n) is 11.5. The van der Waals surface area contributed by atoms with E-state index in [0.717, 1.165) is 103 Å². The van der Waals surface area contributed by atoms with E-state index < -0.39 is 6.10 Å². The SMILES string of the molecule is CC/C=C\C/C=C\CCCCCCCC(=O)OCC(COC(=O)CCCCCCC/C=C\CCCCCCCCC)OC(=O)CCCCCCC/C=C\CCCCCCCCC. The fraction of sp³-hybridized carbons (Fsp3) is 0.804. The Labute approximate surface area is 384 Å². The number of carbonyl (C=O) groups is 3. The molecule has 0 aliphatic rings. The van der Waals surface area contributed by atoms with E-state index in [1.807, 2.05) is 0 Å². The van der Waals surface area contributed by atoms with Crippen LogP contribution in [0.25, 0.3) is 0 Å². The minimum atomic E-state index is -0.785. The average molecular weight is 869 g/mol. The molecule has 1 atom stereocenters. The van der Waals surface area contributed by atoms with Gasteiger partial charge in [0.05, 0.1) is 0 Å². The summed E-state index contributed by atoms with van der Waals surface area (Å²) in [6.45, 7) is 6.51. The van der Waals surface area contributed by atoms with E-state index in [1.54, 1.807) is 0 Å². The van der Waals surface area contributed by atoms with Gasteiger partial charge in [-0.05, 0) is 96.3 Å². The van der Waals surface area contributed by atoms with Crippen molar-refractivity contribution < 1.29 is 28.6 Å². The number of ether oxygens (including phenoxy) is 3. The van der Waals surface area contributed by atoms with Crippen molar-refractivity contribution in [1.29, 1.82) is 0 Å². The maximum Gasteiger partial charge on any atom is 0.306 e. The third-order valence-corrected chi connectivity index (χ3v) is 11.5. The van der Waals surface area contributed by atoms with Crippen molar-refractivity contribution in [2.75, 3.05) is 13.2 Å². The maximum absolute atomic E-state index is 12.8. The van der Waals surface area contributed by atoms with Crippen LogP contribution in [0.1, 0.15) is 271 Å². The zero-order chi connectivity index (χ0) is 45.1. The first kappa shape index (κ1) is 59.4. The molecule has 0 aliphatic carbocycles. The predicted octanol–water partition coefficient (Wildman–Crippen LogP) is 17.5. The van der Waals surface area contributed by atoms with Gasteiger partial charge >= 0.3 is 17.9 Å². The average Bonchev–Trinajstić information content (AvgIpc) is 3.27.